The van der Waals surface area contributed by atoms with Gasteiger partial charge in [-0.1, -0.05) is 17.2 Å². The van der Waals surface area contributed by atoms with Gasteiger partial charge in [0.05, 0.1) is 0 Å². The molecular formula is C27H33NO2S2. The van der Waals surface area contributed by atoms with Crippen molar-refractivity contribution in [3.8, 4) is 0 Å². The van der Waals surface area contributed by atoms with E-state index in [0.717, 1.165) is 56.4 Å². The maximum atomic E-state index is 13.3. The predicted molar refractivity (Wildman–Crippen MR) is 135 cm³/mol. The Morgan fingerprint density at radius 1 is 1.12 bits per heavy atom. The van der Waals surface area contributed by atoms with E-state index >= 15 is 0 Å². The van der Waals surface area contributed by atoms with Crippen molar-refractivity contribution >= 4 is 40.8 Å². The number of nitrogens with two attached hydrogens (primary N) is 1. The van der Waals surface area contributed by atoms with Gasteiger partial charge in [0.1, 0.15) is 5.78 Å². The van der Waals surface area contributed by atoms with Crippen molar-refractivity contribution < 1.29 is 9.59 Å². The third kappa shape index (κ3) is 3.90. The van der Waals surface area contributed by atoms with E-state index < -0.39 is 0 Å². The Morgan fingerprint density at radius 2 is 1.94 bits per heavy atom. The third-order valence-corrected chi connectivity index (χ3v) is 10.3. The molecule has 0 radical (unpaired) electrons. The van der Waals surface area contributed by atoms with E-state index in [4.69, 9.17) is 5.73 Å². The highest BCUT2D eigenvalue weighted by molar-refractivity contribution is 8.00. The summed E-state index contributed by atoms with van der Waals surface area (Å²) in [5.41, 5.74) is 9.43. The molecule has 0 heterocycles. The molecule has 1 aromatic carbocycles. The first-order chi connectivity index (χ1) is 15.5. The number of allylic oxidation sites excluding steroid dienone is 4. The number of ketones is 2. The zero-order valence-electron chi connectivity index (χ0n) is 18.8. The van der Waals surface area contributed by atoms with Crippen LogP contribution in [-0.2, 0) is 9.59 Å². The van der Waals surface area contributed by atoms with Gasteiger partial charge in [-0.05, 0) is 92.7 Å². The van der Waals surface area contributed by atoms with Crippen LogP contribution >= 0.6 is 23.5 Å². The number of carbonyl (C=O) groups is 2. The molecule has 0 amide bonds. The van der Waals surface area contributed by atoms with Crippen LogP contribution in [0.15, 0.2) is 52.5 Å². The molecule has 0 unspecified atom stereocenters. The van der Waals surface area contributed by atoms with E-state index in [9.17, 15) is 9.59 Å². The molecule has 4 aliphatic rings. The topological polar surface area (TPSA) is 60.2 Å². The molecule has 0 saturated heterocycles. The first-order valence-electron chi connectivity index (χ1n) is 12.0. The van der Waals surface area contributed by atoms with Crippen molar-refractivity contribution in [1.82, 2.24) is 0 Å². The van der Waals surface area contributed by atoms with Gasteiger partial charge >= 0.3 is 0 Å². The lowest BCUT2D eigenvalue weighted by molar-refractivity contribution is -0.128. The summed E-state index contributed by atoms with van der Waals surface area (Å²) in [6.45, 7) is 0. The van der Waals surface area contributed by atoms with Crippen molar-refractivity contribution in [3.63, 3.8) is 0 Å². The molecule has 5 rings (SSSR count). The van der Waals surface area contributed by atoms with Gasteiger partial charge in [0.15, 0.2) is 5.78 Å². The molecule has 5 heteroatoms. The monoisotopic (exact) mass is 467 g/mol. The summed E-state index contributed by atoms with van der Waals surface area (Å²) in [5, 5.41) is 0.370. The SMILES string of the molecule is CSCCC[C@]12CC=C3[C@H]4CCC(=O)C=C4C[C@@H](Sc4ccc(N)cc4)[C@H]3[C@@H]1CCC2=O. The Morgan fingerprint density at radius 3 is 2.72 bits per heavy atom. The van der Waals surface area contributed by atoms with Crippen LogP contribution in [-0.4, -0.2) is 28.8 Å². The summed E-state index contributed by atoms with van der Waals surface area (Å²) in [7, 11) is 0. The van der Waals surface area contributed by atoms with Gasteiger partial charge < -0.3 is 5.73 Å². The second-order valence-corrected chi connectivity index (χ2v) is 12.3. The Kier molecular flexibility index (Phi) is 6.32. The van der Waals surface area contributed by atoms with Crippen LogP contribution in [0.4, 0.5) is 5.69 Å². The fourth-order valence-corrected chi connectivity index (χ4v) is 8.76. The molecule has 0 spiro atoms. The number of hydrogen-bond donors (Lipinski definition) is 1. The number of benzene rings is 1. The average Bonchev–Trinajstić information content (AvgIpc) is 3.11. The van der Waals surface area contributed by atoms with Gasteiger partial charge in [0.25, 0.3) is 0 Å². The number of rotatable bonds is 6. The van der Waals surface area contributed by atoms with Crippen molar-refractivity contribution in [3.05, 3.63) is 47.6 Å². The van der Waals surface area contributed by atoms with Crippen LogP contribution in [0.25, 0.3) is 0 Å². The first kappa shape index (κ1) is 22.3. The zero-order chi connectivity index (χ0) is 22.3. The molecule has 0 aliphatic heterocycles. The molecule has 170 valence electrons. The normalized spacial score (nSPS) is 33.8. The van der Waals surface area contributed by atoms with Gasteiger partial charge in [-0.3, -0.25) is 9.59 Å². The fraction of sp³-hybridized carbons (Fsp3) is 0.556. The van der Waals surface area contributed by atoms with E-state index in [0.29, 0.717) is 35.2 Å². The maximum absolute atomic E-state index is 13.3. The van der Waals surface area contributed by atoms with E-state index in [1.54, 1.807) is 5.57 Å². The van der Waals surface area contributed by atoms with E-state index in [2.05, 4.69) is 24.5 Å². The smallest absolute Gasteiger partial charge is 0.155 e. The molecule has 2 saturated carbocycles. The lowest BCUT2D eigenvalue weighted by Crippen LogP contribution is -2.47. The van der Waals surface area contributed by atoms with E-state index in [1.807, 2.05) is 41.7 Å². The minimum atomic E-state index is -0.157. The number of fused-ring (bicyclic) bond motifs is 5. The van der Waals surface area contributed by atoms with Crippen LogP contribution in [0.5, 0.6) is 0 Å². The largest absolute Gasteiger partial charge is 0.399 e. The third-order valence-electron chi connectivity index (χ3n) is 8.32. The Bertz CT molecular complexity index is 966. The second kappa shape index (κ2) is 9.06. The van der Waals surface area contributed by atoms with E-state index in [-0.39, 0.29) is 11.2 Å². The molecule has 3 nitrogen and oxygen atoms in total. The molecule has 32 heavy (non-hydrogen) atoms. The molecule has 2 fully saturated rings. The Labute approximate surface area is 200 Å². The lowest BCUT2D eigenvalue weighted by Gasteiger charge is -2.51. The zero-order valence-corrected chi connectivity index (χ0v) is 20.5. The first-order valence-corrected chi connectivity index (χ1v) is 14.3. The van der Waals surface area contributed by atoms with Crippen LogP contribution in [0.1, 0.15) is 51.4 Å². The number of hydrogen-bond acceptors (Lipinski definition) is 5. The highest BCUT2D eigenvalue weighted by Gasteiger charge is 2.57. The Balaban J connectivity index is 1.52. The van der Waals surface area contributed by atoms with Crippen molar-refractivity contribution in [1.29, 1.82) is 0 Å². The number of nitrogen functional groups attached to an aromatic ring is 1. The number of thioether (sulfide) groups is 2. The van der Waals surface area contributed by atoms with Gasteiger partial charge in [-0.2, -0.15) is 11.8 Å². The standard InChI is InChI=1S/C27H33NO2S2/c1-31-14-2-12-27-13-11-22-21-8-5-19(29)15-17(21)16-24(26(22)23(27)9-10-25(27)30)32-20-6-3-18(28)4-7-20/h3-4,6-7,11,15,21,23-24,26H,2,5,8-10,12-14,16,28H2,1H3/t21-,23-,24+,26+,27-/m0/s1. The van der Waals surface area contributed by atoms with Crippen molar-refractivity contribution in [2.75, 3.05) is 17.7 Å². The Hall–Kier alpha value is -1.46. The lowest BCUT2D eigenvalue weighted by atomic mass is 9.55. The van der Waals surface area contributed by atoms with Crippen molar-refractivity contribution in [2.45, 2.75) is 61.5 Å². The highest BCUT2D eigenvalue weighted by atomic mass is 32.2. The summed E-state index contributed by atoms with van der Waals surface area (Å²) in [6, 6.07) is 8.18. The average molecular weight is 468 g/mol. The summed E-state index contributed by atoms with van der Waals surface area (Å²) in [6.07, 6.45) is 14.0. The van der Waals surface area contributed by atoms with Gasteiger partial charge in [0.2, 0.25) is 0 Å². The van der Waals surface area contributed by atoms with Crippen LogP contribution in [0.2, 0.25) is 0 Å². The van der Waals surface area contributed by atoms with Gasteiger partial charge in [-0.15, -0.1) is 11.8 Å². The number of anilines is 1. The van der Waals surface area contributed by atoms with Crippen LogP contribution in [0.3, 0.4) is 0 Å². The summed E-state index contributed by atoms with van der Waals surface area (Å²) < 4.78 is 0. The highest BCUT2D eigenvalue weighted by Crippen LogP contribution is 2.62. The van der Waals surface area contributed by atoms with Crippen LogP contribution in [0, 0.1) is 23.2 Å². The molecule has 1 aromatic rings. The minimum Gasteiger partial charge on any atom is -0.399 e. The second-order valence-electron chi connectivity index (χ2n) is 9.96. The predicted octanol–water partition coefficient (Wildman–Crippen LogP) is 6.09. The molecular weight excluding hydrogens is 434 g/mol. The molecule has 2 N–H and O–H groups in total. The fourth-order valence-electron chi connectivity index (χ4n) is 6.91. The minimum absolute atomic E-state index is 0.157. The van der Waals surface area contributed by atoms with Gasteiger partial charge in [0, 0.05) is 40.0 Å². The van der Waals surface area contributed by atoms with E-state index in [1.165, 1.54) is 10.5 Å². The molecule has 4 aliphatic carbocycles. The van der Waals surface area contributed by atoms with Crippen molar-refractivity contribution in [2.24, 2.45) is 23.2 Å². The quantitative estimate of drug-likeness (QED) is 0.311. The van der Waals surface area contributed by atoms with Gasteiger partial charge in [-0.25, -0.2) is 0 Å². The summed E-state index contributed by atoms with van der Waals surface area (Å²) in [4.78, 5) is 26.8. The molecule has 0 bridgehead atoms. The number of carbonyl (C=O) groups excluding carboxylic acids is 2. The molecule has 5 atom stereocenters. The molecule has 0 aromatic heterocycles. The summed E-state index contributed by atoms with van der Waals surface area (Å²) >= 11 is 3.81. The summed E-state index contributed by atoms with van der Waals surface area (Å²) in [5.74, 6) is 3.22. The number of Topliss-reactive ketones (excluding diaryl/α,β-unsaturated/α-hetero) is 1. The maximum Gasteiger partial charge on any atom is 0.155 e. The van der Waals surface area contributed by atoms with Crippen LogP contribution < -0.4 is 5.73 Å².